The third-order valence-corrected chi connectivity index (χ3v) is 3.07. The fourth-order valence-corrected chi connectivity index (χ4v) is 2.13. The van der Waals surface area contributed by atoms with Gasteiger partial charge in [-0.1, -0.05) is 12.1 Å². The number of carbonyl (C=O) groups excluding carboxylic acids is 1. The van der Waals surface area contributed by atoms with Crippen LogP contribution in [0.3, 0.4) is 0 Å². The molecule has 1 aromatic carbocycles. The number of esters is 1. The molecule has 0 aliphatic carbocycles. The van der Waals surface area contributed by atoms with Gasteiger partial charge >= 0.3 is 5.97 Å². The minimum absolute atomic E-state index is 0. The molecule has 1 N–H and O–H groups in total. The number of nitrogens with zero attached hydrogens (tertiary/aromatic N) is 1. The first kappa shape index (κ1) is 15.8. The van der Waals surface area contributed by atoms with E-state index in [1.165, 1.54) is 5.69 Å². The summed E-state index contributed by atoms with van der Waals surface area (Å²) in [6.07, 6.45) is 0.357. The zero-order valence-corrected chi connectivity index (χ0v) is 12.0. The van der Waals surface area contributed by atoms with Gasteiger partial charge < -0.3 is 15.0 Å². The Morgan fingerprint density at radius 3 is 2.47 bits per heavy atom. The van der Waals surface area contributed by atoms with Crippen molar-refractivity contribution in [2.24, 2.45) is 0 Å². The molecule has 2 rings (SSSR count). The van der Waals surface area contributed by atoms with E-state index in [-0.39, 0.29) is 18.4 Å². The van der Waals surface area contributed by atoms with E-state index in [2.05, 4.69) is 22.3 Å². The predicted octanol–water partition coefficient (Wildman–Crippen LogP) is 1.62. The summed E-state index contributed by atoms with van der Waals surface area (Å²) < 4.78 is 4.93. The number of carbonyl (C=O) groups is 1. The van der Waals surface area contributed by atoms with Gasteiger partial charge in [0.05, 0.1) is 13.0 Å². The second-order valence-electron chi connectivity index (χ2n) is 4.39. The van der Waals surface area contributed by atoms with Crippen LogP contribution in [0.1, 0.15) is 12.5 Å². The number of rotatable bonds is 4. The summed E-state index contributed by atoms with van der Waals surface area (Å²) in [4.78, 5) is 13.7. The smallest absolute Gasteiger partial charge is 0.310 e. The van der Waals surface area contributed by atoms with Crippen LogP contribution in [0.5, 0.6) is 0 Å². The van der Waals surface area contributed by atoms with Crippen molar-refractivity contribution >= 4 is 24.1 Å². The van der Waals surface area contributed by atoms with Gasteiger partial charge in [-0.15, -0.1) is 12.4 Å². The maximum absolute atomic E-state index is 11.4. The highest BCUT2D eigenvalue weighted by Gasteiger charge is 2.10. The third-order valence-electron chi connectivity index (χ3n) is 3.07. The Kier molecular flexibility index (Phi) is 6.67. The van der Waals surface area contributed by atoms with Gasteiger partial charge in [-0.05, 0) is 24.6 Å². The molecule has 0 radical (unpaired) electrons. The van der Waals surface area contributed by atoms with Crippen LogP contribution in [0.4, 0.5) is 5.69 Å². The molecule has 4 nitrogen and oxygen atoms in total. The van der Waals surface area contributed by atoms with Gasteiger partial charge in [0.25, 0.3) is 0 Å². The molecule has 1 heterocycles. The molecule has 1 aromatic rings. The van der Waals surface area contributed by atoms with Crippen molar-refractivity contribution < 1.29 is 9.53 Å². The van der Waals surface area contributed by atoms with Crippen LogP contribution in [-0.2, 0) is 16.0 Å². The lowest BCUT2D eigenvalue weighted by atomic mass is 10.1. The molecular weight excluding hydrogens is 264 g/mol. The first-order valence-electron chi connectivity index (χ1n) is 6.50. The summed E-state index contributed by atoms with van der Waals surface area (Å²) in [6, 6.07) is 8.18. The fraction of sp³-hybridized carbons (Fsp3) is 0.500. The molecule has 0 spiro atoms. The van der Waals surface area contributed by atoms with Crippen LogP contribution in [0.2, 0.25) is 0 Å². The Balaban J connectivity index is 0.00000180. The van der Waals surface area contributed by atoms with Gasteiger partial charge in [0, 0.05) is 31.9 Å². The number of hydrogen-bond donors (Lipinski definition) is 1. The largest absolute Gasteiger partial charge is 0.466 e. The van der Waals surface area contributed by atoms with Crippen molar-refractivity contribution in [2.45, 2.75) is 13.3 Å². The number of halogens is 1. The average Bonchev–Trinajstić information content (AvgIpc) is 2.41. The summed E-state index contributed by atoms with van der Waals surface area (Å²) in [6.45, 7) is 6.41. The van der Waals surface area contributed by atoms with E-state index in [4.69, 9.17) is 4.74 Å². The van der Waals surface area contributed by atoms with E-state index >= 15 is 0 Å². The second kappa shape index (κ2) is 8.02. The lowest BCUT2D eigenvalue weighted by Crippen LogP contribution is -2.43. The van der Waals surface area contributed by atoms with E-state index in [0.29, 0.717) is 13.0 Å². The fourth-order valence-electron chi connectivity index (χ4n) is 2.13. The maximum atomic E-state index is 11.4. The summed E-state index contributed by atoms with van der Waals surface area (Å²) in [5.74, 6) is -0.160. The molecular formula is C14H21ClN2O2. The Bertz CT molecular complexity index is 389. The minimum atomic E-state index is -0.160. The van der Waals surface area contributed by atoms with Gasteiger partial charge in [0.1, 0.15) is 0 Å². The summed E-state index contributed by atoms with van der Waals surface area (Å²) in [5.41, 5.74) is 2.23. The number of anilines is 1. The molecule has 1 aliphatic rings. The van der Waals surface area contributed by atoms with Gasteiger partial charge in [-0.2, -0.15) is 0 Å². The molecule has 0 bridgehead atoms. The number of nitrogens with one attached hydrogen (secondary N) is 1. The van der Waals surface area contributed by atoms with Gasteiger partial charge in [0.15, 0.2) is 0 Å². The predicted molar refractivity (Wildman–Crippen MR) is 79.1 cm³/mol. The molecule has 5 heteroatoms. The lowest BCUT2D eigenvalue weighted by molar-refractivity contribution is -0.142. The van der Waals surface area contributed by atoms with Crippen molar-refractivity contribution in [3.8, 4) is 0 Å². The van der Waals surface area contributed by atoms with Crippen molar-refractivity contribution in [3.63, 3.8) is 0 Å². The van der Waals surface area contributed by atoms with E-state index in [1.807, 2.05) is 19.1 Å². The minimum Gasteiger partial charge on any atom is -0.466 e. The lowest BCUT2D eigenvalue weighted by Gasteiger charge is -2.29. The SMILES string of the molecule is CCOC(=O)Cc1ccc(N2CCNCC2)cc1.Cl. The average molecular weight is 285 g/mol. The maximum Gasteiger partial charge on any atom is 0.310 e. The summed E-state index contributed by atoms with van der Waals surface area (Å²) in [7, 11) is 0. The summed E-state index contributed by atoms with van der Waals surface area (Å²) >= 11 is 0. The van der Waals surface area contributed by atoms with Gasteiger partial charge in [-0.3, -0.25) is 4.79 Å². The molecule has 0 aromatic heterocycles. The molecule has 0 saturated carbocycles. The second-order valence-corrected chi connectivity index (χ2v) is 4.39. The van der Waals surface area contributed by atoms with Crippen LogP contribution < -0.4 is 10.2 Å². The molecule has 0 atom stereocenters. The summed E-state index contributed by atoms with van der Waals surface area (Å²) in [5, 5.41) is 3.33. The third kappa shape index (κ3) is 4.73. The highest BCUT2D eigenvalue weighted by molar-refractivity contribution is 5.85. The number of piperazine rings is 1. The number of ether oxygens (including phenoxy) is 1. The van der Waals surface area contributed by atoms with Crippen molar-refractivity contribution in [1.29, 1.82) is 0 Å². The van der Waals surface area contributed by atoms with E-state index in [9.17, 15) is 4.79 Å². The Hall–Kier alpha value is -1.26. The first-order chi connectivity index (χ1) is 8.79. The van der Waals surface area contributed by atoms with Crippen LogP contribution in [0, 0.1) is 0 Å². The van der Waals surface area contributed by atoms with Crippen LogP contribution in [0.15, 0.2) is 24.3 Å². The molecule has 1 aliphatic heterocycles. The Labute approximate surface area is 120 Å². The highest BCUT2D eigenvalue weighted by Crippen LogP contribution is 2.16. The van der Waals surface area contributed by atoms with Gasteiger partial charge in [0.2, 0.25) is 0 Å². The normalized spacial score (nSPS) is 14.7. The molecule has 106 valence electrons. The van der Waals surface area contributed by atoms with E-state index < -0.39 is 0 Å². The van der Waals surface area contributed by atoms with Gasteiger partial charge in [-0.25, -0.2) is 0 Å². The zero-order valence-electron chi connectivity index (χ0n) is 11.2. The number of benzene rings is 1. The van der Waals surface area contributed by atoms with E-state index in [0.717, 1.165) is 31.7 Å². The first-order valence-corrected chi connectivity index (χ1v) is 6.50. The zero-order chi connectivity index (χ0) is 12.8. The number of hydrogen-bond acceptors (Lipinski definition) is 4. The van der Waals surface area contributed by atoms with Crippen molar-refractivity contribution in [2.75, 3.05) is 37.7 Å². The van der Waals surface area contributed by atoms with E-state index in [1.54, 1.807) is 0 Å². The highest BCUT2D eigenvalue weighted by atomic mass is 35.5. The van der Waals surface area contributed by atoms with Crippen molar-refractivity contribution in [1.82, 2.24) is 5.32 Å². The van der Waals surface area contributed by atoms with Crippen LogP contribution >= 0.6 is 12.4 Å². The molecule has 1 fully saturated rings. The van der Waals surface area contributed by atoms with Crippen molar-refractivity contribution in [3.05, 3.63) is 29.8 Å². The monoisotopic (exact) mass is 284 g/mol. The molecule has 0 unspecified atom stereocenters. The molecule has 19 heavy (non-hydrogen) atoms. The standard InChI is InChI=1S/C14H20N2O2.ClH/c1-2-18-14(17)11-12-3-5-13(6-4-12)16-9-7-15-8-10-16;/h3-6,15H,2,7-11H2,1H3;1H. The molecule has 1 saturated heterocycles. The Morgan fingerprint density at radius 1 is 1.26 bits per heavy atom. The topological polar surface area (TPSA) is 41.6 Å². The quantitative estimate of drug-likeness (QED) is 0.853. The van der Waals surface area contributed by atoms with Crippen LogP contribution in [0.25, 0.3) is 0 Å². The molecule has 0 amide bonds. The Morgan fingerprint density at radius 2 is 1.89 bits per heavy atom. The van der Waals surface area contributed by atoms with Crippen LogP contribution in [-0.4, -0.2) is 38.8 Å².